The number of hydrogen-bond donors (Lipinski definition) is 3. The molecule has 3 aliphatic rings. The van der Waals surface area contributed by atoms with E-state index in [0.29, 0.717) is 44.1 Å². The van der Waals surface area contributed by atoms with Crippen molar-refractivity contribution in [3.8, 4) is 11.5 Å². The first kappa shape index (κ1) is 47.6. The molecule has 6 unspecified atom stereocenters. The summed E-state index contributed by atoms with van der Waals surface area (Å²) in [7, 11) is 0. The predicted octanol–water partition coefficient (Wildman–Crippen LogP) is 10.1. The lowest BCUT2D eigenvalue weighted by molar-refractivity contribution is -0.223. The molecule has 0 spiro atoms. The third-order valence-corrected chi connectivity index (χ3v) is 13.6. The number of carbonyl (C=O) groups excluding carboxylic acids is 1. The number of aliphatic hydroxyl groups excluding tert-OH is 2. The number of nitrogens with zero attached hydrogens (tertiary/aromatic N) is 3. The highest BCUT2D eigenvalue weighted by Gasteiger charge is 2.64. The second-order valence-corrected chi connectivity index (χ2v) is 17.8. The van der Waals surface area contributed by atoms with Crippen molar-refractivity contribution in [2.75, 3.05) is 38.7 Å². The number of rotatable bonds is 29. The minimum absolute atomic E-state index is 0.0927. The van der Waals surface area contributed by atoms with Gasteiger partial charge >= 0.3 is 6.09 Å². The molecule has 0 bridgehead atoms. The molecule has 5 rings (SSSR count). The molecule has 1 amide bonds. The van der Waals surface area contributed by atoms with E-state index in [9.17, 15) is 15.0 Å². The van der Waals surface area contributed by atoms with Crippen LogP contribution in [-0.4, -0.2) is 81.7 Å². The number of fused-ring (bicyclic) bond motifs is 2. The number of allylic oxidation sites excluding steroid dienone is 1. The molecule has 1 saturated carbocycles. The lowest BCUT2D eigenvalue weighted by Gasteiger charge is -2.58. The highest BCUT2D eigenvalue weighted by atomic mass is 32.2. The number of ether oxygens (including phenoxy) is 3. The van der Waals surface area contributed by atoms with Gasteiger partial charge in [-0.2, -0.15) is 11.8 Å². The number of aliphatic hydroxyl groups is 2. The second kappa shape index (κ2) is 26.1. The predicted molar refractivity (Wildman–Crippen MR) is 241 cm³/mol. The maximum Gasteiger partial charge on any atom is 0.412 e. The van der Waals surface area contributed by atoms with Gasteiger partial charge in [0.25, 0.3) is 0 Å². The van der Waals surface area contributed by atoms with E-state index in [1.807, 2.05) is 31.3 Å². The average molecular weight is 849 g/mol. The zero-order valence-corrected chi connectivity index (χ0v) is 37.2. The summed E-state index contributed by atoms with van der Waals surface area (Å²) in [6, 6.07) is 5.75. The number of hydrogen-bond acceptors (Lipinski definition) is 11. The average Bonchev–Trinajstić information content (AvgIpc) is 3.26. The molecule has 11 nitrogen and oxygen atoms in total. The SMILES string of the molecule is C=CCOC12Oc3ccc(OC(=O)NCCCCCCCCCCCC)cc3C3C(CCCCO)C(CCCCO)C=C(C(=NOCC)CC1SCCc1cnccn1)C32. The zero-order valence-electron chi connectivity index (χ0n) is 36.4. The number of nitrogens with one attached hydrogen (secondary N) is 1. The van der Waals surface area contributed by atoms with Crippen LogP contribution in [-0.2, 0) is 16.0 Å². The fourth-order valence-corrected chi connectivity index (χ4v) is 10.8. The number of unbranched alkanes of at least 4 members (excludes halogenated alkanes) is 11. The van der Waals surface area contributed by atoms with Crippen LogP contribution in [0.25, 0.3) is 0 Å². The smallest absolute Gasteiger partial charge is 0.412 e. The molecule has 1 aromatic carbocycles. The number of aromatic nitrogens is 2. The van der Waals surface area contributed by atoms with Crippen LogP contribution in [0.3, 0.4) is 0 Å². The number of carbonyl (C=O) groups is 1. The largest absolute Gasteiger partial charge is 0.460 e. The summed E-state index contributed by atoms with van der Waals surface area (Å²) in [4.78, 5) is 27.8. The number of thioether (sulfide) groups is 1. The van der Waals surface area contributed by atoms with Gasteiger partial charge in [-0.1, -0.05) is 94.9 Å². The van der Waals surface area contributed by atoms with E-state index in [1.54, 1.807) is 30.2 Å². The second-order valence-electron chi connectivity index (χ2n) is 16.5. The molecule has 0 radical (unpaired) electrons. The lowest BCUT2D eigenvalue weighted by Crippen LogP contribution is -2.64. The molecule has 60 heavy (non-hydrogen) atoms. The molecule has 0 saturated heterocycles. The van der Waals surface area contributed by atoms with Crippen LogP contribution in [0.15, 0.2) is 66.2 Å². The topological polar surface area (TPSA) is 145 Å². The molecular formula is C48H72N4O7S. The van der Waals surface area contributed by atoms with Crippen LogP contribution >= 0.6 is 11.8 Å². The van der Waals surface area contributed by atoms with Crippen LogP contribution in [0.2, 0.25) is 0 Å². The summed E-state index contributed by atoms with van der Waals surface area (Å²) in [6.07, 6.45) is 27.5. The Kier molecular flexibility index (Phi) is 20.7. The van der Waals surface area contributed by atoms with E-state index >= 15 is 0 Å². The van der Waals surface area contributed by atoms with Crippen LogP contribution in [0.4, 0.5) is 4.79 Å². The molecule has 1 aromatic heterocycles. The van der Waals surface area contributed by atoms with E-state index in [4.69, 9.17) is 24.2 Å². The van der Waals surface area contributed by atoms with Crippen molar-refractivity contribution in [1.29, 1.82) is 0 Å². The van der Waals surface area contributed by atoms with Gasteiger partial charge < -0.3 is 34.6 Å². The van der Waals surface area contributed by atoms with Gasteiger partial charge in [0, 0.05) is 62.7 Å². The summed E-state index contributed by atoms with van der Waals surface area (Å²) in [6.45, 7) is 9.81. The first-order valence-electron chi connectivity index (χ1n) is 23.0. The van der Waals surface area contributed by atoms with Crippen molar-refractivity contribution in [2.45, 2.75) is 146 Å². The number of oxime groups is 1. The van der Waals surface area contributed by atoms with Crippen molar-refractivity contribution < 1.29 is 34.1 Å². The van der Waals surface area contributed by atoms with Gasteiger partial charge in [0.2, 0.25) is 5.79 Å². The van der Waals surface area contributed by atoms with Gasteiger partial charge in [-0.05, 0) is 80.4 Å². The lowest BCUT2D eigenvalue weighted by atomic mass is 9.56. The standard InChI is InChI=1S/C48H72N4O7S/c1-4-7-8-9-10-11-12-13-14-17-25-51-47(55)58-38-22-23-43-41(33-38)45-39(21-16-19-29-54)36(20-15-18-28-53)32-40-42(52-57-6-3)34-44(48(59-43,46(40)45)56-30-5-2)60-31-24-37-35-49-26-27-50-37/h5,22-23,26-27,32-33,35-36,39,44-46,53-54H,2,4,6-21,24-25,28-31,34H2,1,3H3,(H,51,55). The van der Waals surface area contributed by atoms with Crippen molar-refractivity contribution in [3.63, 3.8) is 0 Å². The Morgan fingerprint density at radius 1 is 1.00 bits per heavy atom. The minimum atomic E-state index is -1.07. The molecule has 12 heteroatoms. The number of benzene rings is 1. The monoisotopic (exact) mass is 849 g/mol. The zero-order chi connectivity index (χ0) is 42.4. The van der Waals surface area contributed by atoms with Crippen LogP contribution < -0.4 is 14.8 Å². The van der Waals surface area contributed by atoms with Crippen LogP contribution in [0.5, 0.6) is 11.5 Å². The van der Waals surface area contributed by atoms with Gasteiger partial charge in [-0.15, -0.1) is 6.58 Å². The molecule has 1 aliphatic heterocycles. The molecule has 2 aromatic rings. The van der Waals surface area contributed by atoms with Crippen molar-refractivity contribution in [2.24, 2.45) is 22.9 Å². The van der Waals surface area contributed by atoms with Crippen molar-refractivity contribution in [1.82, 2.24) is 15.3 Å². The van der Waals surface area contributed by atoms with E-state index in [1.165, 1.54) is 51.4 Å². The van der Waals surface area contributed by atoms with Gasteiger partial charge in [-0.25, -0.2) is 4.79 Å². The van der Waals surface area contributed by atoms with Crippen molar-refractivity contribution >= 4 is 23.6 Å². The normalized spacial score (nSPS) is 23.6. The fourth-order valence-electron chi connectivity index (χ4n) is 9.39. The van der Waals surface area contributed by atoms with Gasteiger partial charge in [0.15, 0.2) is 0 Å². The Bertz CT molecular complexity index is 1640. The Morgan fingerprint density at radius 2 is 1.75 bits per heavy atom. The molecule has 2 aliphatic carbocycles. The van der Waals surface area contributed by atoms with Gasteiger partial charge in [-0.3, -0.25) is 9.97 Å². The molecular weight excluding hydrogens is 777 g/mol. The van der Waals surface area contributed by atoms with E-state index in [-0.39, 0.29) is 42.1 Å². The quantitative estimate of drug-likeness (QED) is 0.0411. The molecule has 2 heterocycles. The maximum absolute atomic E-state index is 13.2. The highest BCUT2D eigenvalue weighted by molar-refractivity contribution is 8.00. The molecule has 6 atom stereocenters. The number of aryl methyl sites for hydroxylation is 1. The highest BCUT2D eigenvalue weighted by Crippen LogP contribution is 2.62. The van der Waals surface area contributed by atoms with Crippen molar-refractivity contribution in [3.05, 3.63) is 72.4 Å². The minimum Gasteiger partial charge on any atom is -0.460 e. The summed E-state index contributed by atoms with van der Waals surface area (Å²) < 4.78 is 20.2. The molecule has 1 fully saturated rings. The van der Waals surface area contributed by atoms with Gasteiger partial charge in [0.1, 0.15) is 18.1 Å². The fraction of sp³-hybridized carbons (Fsp3) is 0.667. The Labute approximate surface area is 363 Å². The van der Waals surface area contributed by atoms with Crippen LogP contribution in [0, 0.1) is 17.8 Å². The molecule has 3 N–H and O–H groups in total. The first-order chi connectivity index (χ1) is 29.5. The van der Waals surface area contributed by atoms with E-state index in [2.05, 4.69) is 34.9 Å². The summed E-state index contributed by atoms with van der Waals surface area (Å²) >= 11 is 1.79. The Balaban J connectivity index is 1.44. The summed E-state index contributed by atoms with van der Waals surface area (Å²) in [5.74, 6) is 0.828. The Morgan fingerprint density at radius 3 is 2.45 bits per heavy atom. The third-order valence-electron chi connectivity index (χ3n) is 12.2. The number of amides is 1. The van der Waals surface area contributed by atoms with E-state index < -0.39 is 11.9 Å². The van der Waals surface area contributed by atoms with Crippen LogP contribution in [0.1, 0.15) is 140 Å². The Hall–Kier alpha value is -3.45. The maximum atomic E-state index is 13.2. The summed E-state index contributed by atoms with van der Waals surface area (Å²) in [5.41, 5.74) is 3.87. The third kappa shape index (κ3) is 13.3. The van der Waals surface area contributed by atoms with E-state index in [0.717, 1.165) is 79.7 Å². The molecule has 332 valence electrons. The summed E-state index contributed by atoms with van der Waals surface area (Å²) in [5, 5.41) is 27.3. The van der Waals surface area contributed by atoms with Gasteiger partial charge in [0.05, 0.1) is 29.2 Å². The first-order valence-corrected chi connectivity index (χ1v) is 24.1.